The van der Waals surface area contributed by atoms with E-state index in [1.165, 1.54) is 19.3 Å². The van der Waals surface area contributed by atoms with Crippen LogP contribution < -0.4 is 9.47 Å². The van der Waals surface area contributed by atoms with E-state index in [1.54, 1.807) is 14.2 Å². The second-order valence-electron chi connectivity index (χ2n) is 7.41. The first-order chi connectivity index (χ1) is 13.2. The van der Waals surface area contributed by atoms with Gasteiger partial charge in [-0.3, -0.25) is 9.69 Å². The van der Waals surface area contributed by atoms with Gasteiger partial charge in [0.25, 0.3) is 0 Å². The van der Waals surface area contributed by atoms with E-state index >= 15 is 0 Å². The van der Waals surface area contributed by atoms with E-state index in [9.17, 15) is 4.79 Å². The van der Waals surface area contributed by atoms with Crippen molar-refractivity contribution in [3.63, 3.8) is 0 Å². The molecule has 150 valence electrons. The number of amides is 1. The highest BCUT2D eigenvalue weighted by Gasteiger charge is 2.23. The van der Waals surface area contributed by atoms with Crippen molar-refractivity contribution in [2.45, 2.75) is 44.8 Å². The Hall–Kier alpha value is -1.79. The van der Waals surface area contributed by atoms with E-state index in [2.05, 4.69) is 4.90 Å². The summed E-state index contributed by atoms with van der Waals surface area (Å²) in [7, 11) is 3.36. The highest BCUT2D eigenvalue weighted by Crippen LogP contribution is 2.25. The van der Waals surface area contributed by atoms with Gasteiger partial charge in [-0.1, -0.05) is 19.3 Å². The van der Waals surface area contributed by atoms with Gasteiger partial charge in [-0.25, -0.2) is 0 Å². The average molecular weight is 376 g/mol. The first-order valence-corrected chi connectivity index (χ1v) is 10.0. The van der Waals surface area contributed by atoms with Crippen molar-refractivity contribution in [1.82, 2.24) is 9.80 Å². The molecule has 1 saturated carbocycles. The van der Waals surface area contributed by atoms with E-state index < -0.39 is 0 Å². The number of rotatable bonds is 7. The number of hydrogen-bond acceptors (Lipinski definition) is 5. The second-order valence-corrected chi connectivity index (χ2v) is 7.41. The Morgan fingerprint density at radius 3 is 2.44 bits per heavy atom. The molecule has 27 heavy (non-hydrogen) atoms. The topological polar surface area (TPSA) is 51.2 Å². The van der Waals surface area contributed by atoms with Crippen molar-refractivity contribution in [3.8, 4) is 11.5 Å². The summed E-state index contributed by atoms with van der Waals surface area (Å²) in [6.07, 6.45) is 6.24. The standard InChI is InChI=1S/C21H32N2O4/c1-25-19-8-9-20(26-2)17(14-19)15-22-10-12-23(13-11-22)21(24)16-27-18-6-4-3-5-7-18/h8-9,14,18H,3-7,10-13,15-16H2,1-2H3. The lowest BCUT2D eigenvalue weighted by Crippen LogP contribution is -2.49. The van der Waals surface area contributed by atoms with Crippen LogP contribution in [0.25, 0.3) is 0 Å². The van der Waals surface area contributed by atoms with Crippen LogP contribution in [0.2, 0.25) is 0 Å². The zero-order valence-electron chi connectivity index (χ0n) is 16.6. The van der Waals surface area contributed by atoms with Crippen molar-refractivity contribution in [3.05, 3.63) is 23.8 Å². The molecule has 6 nitrogen and oxygen atoms in total. The summed E-state index contributed by atoms with van der Waals surface area (Å²) in [5.41, 5.74) is 1.11. The molecule has 1 saturated heterocycles. The Morgan fingerprint density at radius 1 is 1.04 bits per heavy atom. The Morgan fingerprint density at radius 2 is 1.78 bits per heavy atom. The van der Waals surface area contributed by atoms with Crippen molar-refractivity contribution in [2.24, 2.45) is 0 Å². The molecular formula is C21H32N2O4. The molecule has 2 aliphatic rings. The van der Waals surface area contributed by atoms with Gasteiger partial charge in [-0.05, 0) is 31.0 Å². The number of benzene rings is 1. The molecule has 0 radical (unpaired) electrons. The van der Waals surface area contributed by atoms with Crippen LogP contribution >= 0.6 is 0 Å². The van der Waals surface area contributed by atoms with Crippen LogP contribution in [0.15, 0.2) is 18.2 Å². The van der Waals surface area contributed by atoms with Crippen LogP contribution in [-0.4, -0.2) is 68.8 Å². The molecule has 0 atom stereocenters. The number of nitrogens with zero attached hydrogens (tertiary/aromatic N) is 2. The molecule has 6 heteroatoms. The molecule has 1 aliphatic carbocycles. The van der Waals surface area contributed by atoms with Crippen molar-refractivity contribution >= 4 is 5.91 Å². The fourth-order valence-electron chi connectivity index (χ4n) is 3.91. The van der Waals surface area contributed by atoms with Gasteiger partial charge < -0.3 is 19.1 Å². The predicted molar refractivity (Wildman–Crippen MR) is 104 cm³/mol. The number of ether oxygens (including phenoxy) is 3. The van der Waals surface area contributed by atoms with Crippen molar-refractivity contribution < 1.29 is 19.0 Å². The highest BCUT2D eigenvalue weighted by atomic mass is 16.5. The summed E-state index contributed by atoms with van der Waals surface area (Å²) in [6, 6.07) is 5.87. The Labute approximate surface area is 162 Å². The molecular weight excluding hydrogens is 344 g/mol. The molecule has 1 aliphatic heterocycles. The predicted octanol–water partition coefficient (Wildman–Crippen LogP) is 2.70. The first-order valence-electron chi connectivity index (χ1n) is 10.0. The molecule has 1 heterocycles. The monoisotopic (exact) mass is 376 g/mol. The van der Waals surface area contributed by atoms with E-state index in [-0.39, 0.29) is 18.6 Å². The molecule has 0 unspecified atom stereocenters. The van der Waals surface area contributed by atoms with Gasteiger partial charge in [-0.15, -0.1) is 0 Å². The molecule has 2 fully saturated rings. The molecule has 0 spiro atoms. The summed E-state index contributed by atoms with van der Waals surface area (Å²) in [5, 5.41) is 0. The Bertz CT molecular complexity index is 608. The fraction of sp³-hybridized carbons (Fsp3) is 0.667. The SMILES string of the molecule is COc1ccc(OC)c(CN2CCN(C(=O)COC3CCCCC3)CC2)c1. The third-order valence-corrected chi connectivity index (χ3v) is 5.60. The van der Waals surface area contributed by atoms with Crippen LogP contribution in [0, 0.1) is 0 Å². The second kappa shape index (κ2) is 9.95. The van der Waals surface area contributed by atoms with Crippen LogP contribution in [0.3, 0.4) is 0 Å². The molecule has 3 rings (SSSR count). The summed E-state index contributed by atoms with van der Waals surface area (Å²) in [6.45, 7) is 4.23. The summed E-state index contributed by atoms with van der Waals surface area (Å²) in [4.78, 5) is 16.7. The summed E-state index contributed by atoms with van der Waals surface area (Å²) < 4.78 is 16.6. The minimum Gasteiger partial charge on any atom is -0.497 e. The fourth-order valence-corrected chi connectivity index (χ4v) is 3.91. The molecule has 1 amide bonds. The van der Waals surface area contributed by atoms with Crippen molar-refractivity contribution in [2.75, 3.05) is 47.0 Å². The smallest absolute Gasteiger partial charge is 0.248 e. The van der Waals surface area contributed by atoms with E-state index in [0.717, 1.165) is 62.6 Å². The van der Waals surface area contributed by atoms with Crippen LogP contribution in [0.4, 0.5) is 0 Å². The third-order valence-electron chi connectivity index (χ3n) is 5.60. The van der Waals surface area contributed by atoms with Gasteiger partial charge in [0, 0.05) is 38.3 Å². The number of methoxy groups -OCH3 is 2. The van der Waals surface area contributed by atoms with Gasteiger partial charge in [0.2, 0.25) is 5.91 Å². The average Bonchev–Trinajstić information content (AvgIpc) is 2.73. The highest BCUT2D eigenvalue weighted by molar-refractivity contribution is 5.77. The molecule has 0 bridgehead atoms. The minimum atomic E-state index is 0.124. The molecule has 0 aromatic heterocycles. The largest absolute Gasteiger partial charge is 0.497 e. The van der Waals surface area contributed by atoms with Gasteiger partial charge in [0.05, 0.1) is 20.3 Å². The molecule has 1 aromatic carbocycles. The number of carbonyl (C=O) groups excluding carboxylic acids is 1. The zero-order chi connectivity index (χ0) is 19.1. The third kappa shape index (κ3) is 5.59. The van der Waals surface area contributed by atoms with Crippen molar-refractivity contribution in [1.29, 1.82) is 0 Å². The van der Waals surface area contributed by atoms with Gasteiger partial charge in [0.1, 0.15) is 18.1 Å². The molecule has 1 aromatic rings. The van der Waals surface area contributed by atoms with Crippen LogP contribution in [-0.2, 0) is 16.1 Å². The lowest BCUT2D eigenvalue weighted by Gasteiger charge is -2.35. The summed E-state index contributed by atoms with van der Waals surface area (Å²) in [5.74, 6) is 1.83. The quantitative estimate of drug-likeness (QED) is 0.732. The Kier molecular flexibility index (Phi) is 7.35. The number of hydrogen-bond donors (Lipinski definition) is 0. The molecule has 0 N–H and O–H groups in total. The van der Waals surface area contributed by atoms with Crippen LogP contribution in [0.1, 0.15) is 37.7 Å². The van der Waals surface area contributed by atoms with E-state index in [0.29, 0.717) is 0 Å². The Balaban J connectivity index is 1.45. The maximum absolute atomic E-state index is 12.4. The van der Waals surface area contributed by atoms with Gasteiger partial charge in [0.15, 0.2) is 0 Å². The van der Waals surface area contributed by atoms with E-state index in [1.807, 2.05) is 23.1 Å². The summed E-state index contributed by atoms with van der Waals surface area (Å²) >= 11 is 0. The normalized spacial score (nSPS) is 19.1. The lowest BCUT2D eigenvalue weighted by molar-refractivity contribution is -0.140. The van der Waals surface area contributed by atoms with E-state index in [4.69, 9.17) is 14.2 Å². The lowest BCUT2D eigenvalue weighted by atomic mass is 9.98. The first kappa shape index (κ1) is 20.0. The number of piperazine rings is 1. The van der Waals surface area contributed by atoms with Gasteiger partial charge >= 0.3 is 0 Å². The van der Waals surface area contributed by atoms with Gasteiger partial charge in [-0.2, -0.15) is 0 Å². The number of carbonyl (C=O) groups is 1. The minimum absolute atomic E-state index is 0.124. The maximum atomic E-state index is 12.4. The van der Waals surface area contributed by atoms with Crippen LogP contribution in [0.5, 0.6) is 11.5 Å². The zero-order valence-corrected chi connectivity index (χ0v) is 16.6. The maximum Gasteiger partial charge on any atom is 0.248 e.